The van der Waals surface area contributed by atoms with Gasteiger partial charge in [0.1, 0.15) is 0 Å². The Hall–Kier alpha value is -0.390. The van der Waals surface area contributed by atoms with Crippen LogP contribution in [-0.2, 0) is 4.79 Å². The molecule has 0 atom stereocenters. The van der Waals surface area contributed by atoms with E-state index in [1.54, 1.807) is 0 Å². The molecule has 98 valence electrons. The lowest BCUT2D eigenvalue weighted by Gasteiger charge is -2.31. The number of nitrogens with one attached hydrogen (secondary N) is 1. The molecule has 1 aliphatic carbocycles. The van der Waals surface area contributed by atoms with Crippen molar-refractivity contribution < 1.29 is 4.79 Å². The predicted octanol–water partition coefficient (Wildman–Crippen LogP) is 3.81. The normalized spacial score (nSPS) is 18.4. The highest BCUT2D eigenvalue weighted by Gasteiger charge is 2.35. The van der Waals surface area contributed by atoms with E-state index in [1.807, 2.05) is 18.2 Å². The van der Waals surface area contributed by atoms with Gasteiger partial charge in [-0.1, -0.05) is 35.2 Å². The van der Waals surface area contributed by atoms with Crippen molar-refractivity contribution in [3.8, 4) is 0 Å². The summed E-state index contributed by atoms with van der Waals surface area (Å²) in [4.78, 5) is 12.3. The highest BCUT2D eigenvalue weighted by atomic mass is 79.9. The lowest BCUT2D eigenvalue weighted by atomic mass is 9.82. The van der Waals surface area contributed by atoms with Crippen LogP contribution in [0.3, 0.4) is 0 Å². The second-order valence-corrected chi connectivity index (χ2v) is 6.57. The molecule has 0 heterocycles. The Balaban J connectivity index is 2.13. The first-order valence-electron chi connectivity index (χ1n) is 6.07. The van der Waals surface area contributed by atoms with Crippen LogP contribution < -0.4 is 11.1 Å². The molecular formula is C13H16Br2N2O. The summed E-state index contributed by atoms with van der Waals surface area (Å²) in [5, 5.41) is 2.92. The fourth-order valence-corrected chi connectivity index (χ4v) is 2.96. The maximum Gasteiger partial charge on any atom is 0.244 e. The van der Waals surface area contributed by atoms with Crippen molar-refractivity contribution in [2.24, 2.45) is 5.73 Å². The molecule has 1 aromatic carbocycles. The molecule has 0 radical (unpaired) electrons. The molecule has 1 aromatic rings. The Morgan fingerprint density at radius 1 is 1.22 bits per heavy atom. The number of carbonyl (C=O) groups is 1. The largest absolute Gasteiger partial charge is 0.323 e. The number of nitrogens with two attached hydrogens (primary N) is 1. The molecule has 3 nitrogen and oxygen atoms in total. The number of carbonyl (C=O) groups excluding carboxylic acids is 1. The van der Waals surface area contributed by atoms with E-state index in [4.69, 9.17) is 5.73 Å². The van der Waals surface area contributed by atoms with Crippen LogP contribution >= 0.6 is 31.9 Å². The van der Waals surface area contributed by atoms with Crippen LogP contribution in [-0.4, -0.2) is 11.4 Å². The summed E-state index contributed by atoms with van der Waals surface area (Å²) >= 11 is 6.82. The lowest BCUT2D eigenvalue weighted by molar-refractivity contribution is -0.122. The molecule has 0 spiro atoms. The van der Waals surface area contributed by atoms with Crippen LogP contribution in [0.2, 0.25) is 0 Å². The van der Waals surface area contributed by atoms with Crippen LogP contribution in [0.15, 0.2) is 27.1 Å². The van der Waals surface area contributed by atoms with Crippen molar-refractivity contribution in [1.29, 1.82) is 0 Å². The van der Waals surface area contributed by atoms with Gasteiger partial charge in [0.25, 0.3) is 0 Å². The van der Waals surface area contributed by atoms with Crippen molar-refractivity contribution in [1.82, 2.24) is 0 Å². The number of amides is 1. The fourth-order valence-electron chi connectivity index (χ4n) is 2.25. The van der Waals surface area contributed by atoms with Gasteiger partial charge in [0, 0.05) is 8.95 Å². The van der Waals surface area contributed by atoms with E-state index in [9.17, 15) is 4.79 Å². The molecule has 5 heteroatoms. The first kappa shape index (κ1) is 14.0. The van der Waals surface area contributed by atoms with Gasteiger partial charge in [0.15, 0.2) is 0 Å². The minimum atomic E-state index is -0.708. The van der Waals surface area contributed by atoms with Gasteiger partial charge in [-0.3, -0.25) is 4.79 Å². The van der Waals surface area contributed by atoms with Gasteiger partial charge in [-0.2, -0.15) is 0 Å². The molecule has 1 aliphatic rings. The number of hydrogen-bond donors (Lipinski definition) is 2. The van der Waals surface area contributed by atoms with Crippen molar-refractivity contribution in [3.05, 3.63) is 27.1 Å². The molecule has 0 aliphatic heterocycles. The topological polar surface area (TPSA) is 55.1 Å². The van der Waals surface area contributed by atoms with Gasteiger partial charge in [0.05, 0.1) is 11.2 Å². The summed E-state index contributed by atoms with van der Waals surface area (Å²) in [5.41, 5.74) is 6.25. The summed E-state index contributed by atoms with van der Waals surface area (Å²) < 4.78 is 1.79. The maximum atomic E-state index is 12.3. The predicted molar refractivity (Wildman–Crippen MR) is 80.5 cm³/mol. The molecule has 0 aromatic heterocycles. The maximum absolute atomic E-state index is 12.3. The average molecular weight is 376 g/mol. The molecule has 0 saturated heterocycles. The lowest BCUT2D eigenvalue weighted by Crippen LogP contribution is -2.52. The smallest absolute Gasteiger partial charge is 0.244 e. The minimum Gasteiger partial charge on any atom is -0.323 e. The van der Waals surface area contributed by atoms with E-state index in [0.717, 1.165) is 40.3 Å². The van der Waals surface area contributed by atoms with Gasteiger partial charge < -0.3 is 11.1 Å². The van der Waals surface area contributed by atoms with Crippen molar-refractivity contribution in [2.75, 3.05) is 5.32 Å². The molecule has 2 rings (SSSR count). The highest BCUT2D eigenvalue weighted by molar-refractivity contribution is 9.11. The van der Waals surface area contributed by atoms with Gasteiger partial charge in [-0.05, 0) is 47.0 Å². The second-order valence-electron chi connectivity index (χ2n) is 4.80. The first-order valence-corrected chi connectivity index (χ1v) is 7.65. The van der Waals surface area contributed by atoms with E-state index >= 15 is 0 Å². The third-order valence-corrected chi connectivity index (χ3v) is 4.56. The summed E-state index contributed by atoms with van der Waals surface area (Å²) in [6.45, 7) is 0. The van der Waals surface area contributed by atoms with Crippen LogP contribution in [0.5, 0.6) is 0 Å². The fraction of sp³-hybridized carbons (Fsp3) is 0.462. The Morgan fingerprint density at radius 2 is 1.89 bits per heavy atom. The van der Waals surface area contributed by atoms with E-state index in [2.05, 4.69) is 37.2 Å². The molecule has 1 saturated carbocycles. The van der Waals surface area contributed by atoms with Crippen LogP contribution in [0.25, 0.3) is 0 Å². The molecule has 0 bridgehead atoms. The summed E-state index contributed by atoms with van der Waals surface area (Å²) in [6.07, 6.45) is 4.77. The Labute approximate surface area is 124 Å². The molecule has 3 N–H and O–H groups in total. The molecular weight excluding hydrogens is 360 g/mol. The van der Waals surface area contributed by atoms with E-state index in [1.165, 1.54) is 6.42 Å². The van der Waals surface area contributed by atoms with Crippen LogP contribution in [0.1, 0.15) is 32.1 Å². The number of rotatable bonds is 2. The SMILES string of the molecule is NC1(C(=O)Nc2cc(Br)ccc2Br)CCCCC1. The zero-order valence-corrected chi connectivity index (χ0v) is 13.2. The number of halogens is 2. The minimum absolute atomic E-state index is 0.0824. The Morgan fingerprint density at radius 3 is 2.56 bits per heavy atom. The quantitative estimate of drug-likeness (QED) is 0.825. The summed E-state index contributed by atoms with van der Waals surface area (Å²) in [5.74, 6) is -0.0824. The van der Waals surface area contributed by atoms with Crippen LogP contribution in [0.4, 0.5) is 5.69 Å². The van der Waals surface area contributed by atoms with Crippen molar-refractivity contribution >= 4 is 43.5 Å². The first-order chi connectivity index (χ1) is 8.51. The van der Waals surface area contributed by atoms with Gasteiger partial charge in [-0.25, -0.2) is 0 Å². The Bertz CT molecular complexity index is 456. The van der Waals surface area contributed by atoms with E-state index in [-0.39, 0.29) is 5.91 Å². The summed E-state index contributed by atoms with van der Waals surface area (Å²) in [6, 6.07) is 5.68. The molecule has 1 amide bonds. The number of hydrogen-bond acceptors (Lipinski definition) is 2. The molecule has 18 heavy (non-hydrogen) atoms. The summed E-state index contributed by atoms with van der Waals surface area (Å²) in [7, 11) is 0. The van der Waals surface area contributed by atoms with Gasteiger partial charge in [0.2, 0.25) is 5.91 Å². The number of anilines is 1. The third kappa shape index (κ3) is 3.13. The van der Waals surface area contributed by atoms with Gasteiger partial charge in [-0.15, -0.1) is 0 Å². The highest BCUT2D eigenvalue weighted by Crippen LogP contribution is 2.30. The Kier molecular flexibility index (Phi) is 4.45. The van der Waals surface area contributed by atoms with E-state index < -0.39 is 5.54 Å². The monoisotopic (exact) mass is 374 g/mol. The van der Waals surface area contributed by atoms with Crippen LogP contribution in [0, 0.1) is 0 Å². The molecule has 1 fully saturated rings. The van der Waals surface area contributed by atoms with E-state index in [0.29, 0.717) is 0 Å². The molecule has 0 unspecified atom stereocenters. The second kappa shape index (κ2) is 5.72. The average Bonchev–Trinajstić information content (AvgIpc) is 2.35. The van der Waals surface area contributed by atoms with Gasteiger partial charge >= 0.3 is 0 Å². The van der Waals surface area contributed by atoms with Crippen molar-refractivity contribution in [3.63, 3.8) is 0 Å². The standard InChI is InChI=1S/C13H16Br2N2O/c14-9-4-5-10(15)11(8-9)17-12(18)13(16)6-2-1-3-7-13/h4-5,8H,1-3,6-7,16H2,(H,17,18). The number of benzene rings is 1. The zero-order chi connectivity index (χ0) is 13.2. The van der Waals surface area contributed by atoms with Crippen molar-refractivity contribution in [2.45, 2.75) is 37.6 Å². The zero-order valence-electron chi connectivity index (χ0n) is 10.0. The third-order valence-electron chi connectivity index (χ3n) is 3.37.